The van der Waals surface area contributed by atoms with Crippen LogP contribution in [0.15, 0.2) is 36.7 Å². The number of aliphatic hydroxyl groups is 1. The highest BCUT2D eigenvalue weighted by Crippen LogP contribution is 2.38. The van der Waals surface area contributed by atoms with Crippen molar-refractivity contribution in [1.29, 1.82) is 0 Å². The summed E-state index contributed by atoms with van der Waals surface area (Å²) in [7, 11) is -4.09. The zero-order valence-corrected chi connectivity index (χ0v) is 24.5. The van der Waals surface area contributed by atoms with Gasteiger partial charge in [-0.25, -0.2) is 22.7 Å². The lowest BCUT2D eigenvalue weighted by Crippen LogP contribution is -2.44. The van der Waals surface area contributed by atoms with Gasteiger partial charge in [0, 0.05) is 20.5 Å². The number of aromatic nitrogens is 5. The summed E-state index contributed by atoms with van der Waals surface area (Å²) in [5.74, 6) is 1.63. The molecular formula is C25H36N6O5SSi. The Balaban J connectivity index is 1.80. The molecule has 3 heterocycles. The van der Waals surface area contributed by atoms with Crippen LogP contribution in [0.1, 0.15) is 31.6 Å². The fourth-order valence-electron chi connectivity index (χ4n) is 4.26. The van der Waals surface area contributed by atoms with Crippen LogP contribution in [0.2, 0.25) is 25.7 Å². The van der Waals surface area contributed by atoms with Gasteiger partial charge < -0.3 is 14.6 Å². The summed E-state index contributed by atoms with van der Waals surface area (Å²) in [5.41, 5.74) is 0.692. The summed E-state index contributed by atoms with van der Waals surface area (Å²) in [6.45, 7) is 10.2. The number of ether oxygens (including phenoxy) is 2. The Bertz CT molecular complexity index is 1360. The number of benzene rings is 1. The largest absolute Gasteiger partial charge is 0.494 e. The number of sulfonamides is 1. The molecule has 3 atom stereocenters. The van der Waals surface area contributed by atoms with Gasteiger partial charge in [0.1, 0.15) is 18.2 Å². The molecule has 1 aliphatic heterocycles. The minimum atomic E-state index is -3.97. The predicted molar refractivity (Wildman–Crippen MR) is 148 cm³/mol. The molecule has 0 saturated carbocycles. The summed E-state index contributed by atoms with van der Waals surface area (Å²) in [5, 5.41) is 18.2. The van der Waals surface area contributed by atoms with Crippen LogP contribution in [0.5, 0.6) is 11.5 Å². The molecular weight excluding hydrogens is 524 g/mol. The molecule has 0 bridgehead atoms. The smallest absolute Gasteiger partial charge is 0.241 e. The first-order valence-corrected chi connectivity index (χ1v) is 17.8. The van der Waals surface area contributed by atoms with Crippen LogP contribution >= 0.6 is 0 Å². The molecule has 1 aromatic carbocycles. The average molecular weight is 561 g/mol. The van der Waals surface area contributed by atoms with Crippen molar-refractivity contribution in [2.75, 3.05) is 31.2 Å². The Morgan fingerprint density at radius 2 is 1.87 bits per heavy atom. The lowest BCUT2D eigenvalue weighted by molar-refractivity contribution is 0.172. The monoisotopic (exact) mass is 560 g/mol. The molecule has 0 aliphatic carbocycles. The third-order valence-electron chi connectivity index (χ3n) is 6.87. The van der Waals surface area contributed by atoms with Crippen LogP contribution in [0, 0.1) is 0 Å². The average Bonchev–Trinajstić information content (AvgIpc) is 3.24. The first-order valence-electron chi connectivity index (χ1n) is 12.6. The molecule has 0 spiro atoms. The lowest BCUT2D eigenvalue weighted by atomic mass is 10.1. The fourth-order valence-corrected chi connectivity index (χ4v) is 7.05. The van der Waals surface area contributed by atoms with E-state index in [1.807, 2.05) is 24.3 Å². The van der Waals surface area contributed by atoms with Crippen molar-refractivity contribution in [3.63, 3.8) is 0 Å². The number of aliphatic hydroxyl groups excluding tert-OH is 1. The molecule has 13 heteroatoms. The van der Waals surface area contributed by atoms with Crippen molar-refractivity contribution in [2.24, 2.45) is 0 Å². The standard InChI is InChI=1S/C25H36N6O5SSi/c1-17(23-26-13-20(35-3)14-27-23)18(2)37(33,34)30(11-12-38(4,5)6)25-29-28-24-21-9-7-8-10-22(21)36-16-19(15-32)31(24)25/h7-10,13-14,17-19,32H,11-12,15-16H2,1-6H3/t17?,18?,19-/m1/s1. The number of nitrogens with zero attached hydrogens (tertiary/aromatic N) is 6. The highest BCUT2D eigenvalue weighted by atomic mass is 32.2. The molecule has 0 fully saturated rings. The van der Waals surface area contributed by atoms with Gasteiger partial charge in [-0.3, -0.25) is 4.57 Å². The minimum absolute atomic E-state index is 0.152. The van der Waals surface area contributed by atoms with Gasteiger partial charge in [0.15, 0.2) is 11.6 Å². The van der Waals surface area contributed by atoms with Gasteiger partial charge in [0.25, 0.3) is 0 Å². The molecule has 2 aromatic heterocycles. The van der Waals surface area contributed by atoms with Crippen LogP contribution in [-0.4, -0.2) is 78.4 Å². The molecule has 3 aromatic rings. The Morgan fingerprint density at radius 3 is 2.50 bits per heavy atom. The summed E-state index contributed by atoms with van der Waals surface area (Å²) < 4.78 is 42.7. The van der Waals surface area contributed by atoms with E-state index in [4.69, 9.17) is 9.47 Å². The normalized spacial score (nSPS) is 17.0. The van der Waals surface area contributed by atoms with Crippen LogP contribution in [0.3, 0.4) is 0 Å². The molecule has 1 N–H and O–H groups in total. The van der Waals surface area contributed by atoms with E-state index >= 15 is 0 Å². The molecule has 11 nitrogen and oxygen atoms in total. The molecule has 1 aliphatic rings. The SMILES string of the molecule is COc1cnc(C(C)C(C)S(=O)(=O)N(CC[Si](C)(C)C)c2nnc3n2[C@H](CO)COc2ccccc2-3)nc1. The number of hydrogen-bond donors (Lipinski definition) is 1. The lowest BCUT2D eigenvalue weighted by Gasteiger charge is -2.31. The van der Waals surface area contributed by atoms with E-state index in [9.17, 15) is 13.5 Å². The van der Waals surface area contributed by atoms with Gasteiger partial charge >= 0.3 is 0 Å². The molecule has 0 amide bonds. The Kier molecular flexibility index (Phi) is 8.09. The van der Waals surface area contributed by atoms with E-state index < -0.39 is 35.3 Å². The molecule has 38 heavy (non-hydrogen) atoms. The maximum Gasteiger partial charge on any atom is 0.241 e. The van der Waals surface area contributed by atoms with Gasteiger partial charge in [-0.1, -0.05) is 38.7 Å². The Morgan fingerprint density at radius 1 is 1.18 bits per heavy atom. The fraction of sp³-hybridized carbons (Fsp3) is 0.520. The highest BCUT2D eigenvalue weighted by molar-refractivity contribution is 7.93. The Labute approximate surface area is 224 Å². The van der Waals surface area contributed by atoms with E-state index in [2.05, 4.69) is 39.8 Å². The number of methoxy groups -OCH3 is 1. The quantitative estimate of drug-likeness (QED) is 0.371. The number of rotatable bonds is 10. The van der Waals surface area contributed by atoms with Gasteiger partial charge in [0.2, 0.25) is 16.0 Å². The van der Waals surface area contributed by atoms with E-state index in [1.54, 1.807) is 18.4 Å². The third-order valence-corrected chi connectivity index (χ3v) is 10.9. The number of anilines is 1. The zero-order chi connectivity index (χ0) is 27.7. The van der Waals surface area contributed by atoms with Gasteiger partial charge in [0.05, 0.1) is 43.0 Å². The number of hydrogen-bond acceptors (Lipinski definition) is 9. The summed E-state index contributed by atoms with van der Waals surface area (Å²) >= 11 is 0. The molecule has 4 rings (SSSR count). The second kappa shape index (κ2) is 11.0. The van der Waals surface area contributed by atoms with Crippen molar-refractivity contribution >= 4 is 24.0 Å². The molecule has 2 unspecified atom stereocenters. The van der Waals surface area contributed by atoms with Gasteiger partial charge in [-0.2, -0.15) is 0 Å². The molecule has 206 valence electrons. The zero-order valence-electron chi connectivity index (χ0n) is 22.7. The number of fused-ring (bicyclic) bond motifs is 3. The molecule has 0 saturated heterocycles. The van der Waals surface area contributed by atoms with Crippen LogP contribution in [0.4, 0.5) is 5.95 Å². The van der Waals surface area contributed by atoms with E-state index in [0.29, 0.717) is 34.8 Å². The molecule has 0 radical (unpaired) electrons. The van der Waals surface area contributed by atoms with E-state index in [0.717, 1.165) is 0 Å². The summed E-state index contributed by atoms with van der Waals surface area (Å²) in [6.07, 6.45) is 3.06. The number of para-hydroxylation sites is 1. The van der Waals surface area contributed by atoms with Crippen molar-refractivity contribution in [2.45, 2.75) is 56.7 Å². The summed E-state index contributed by atoms with van der Waals surface area (Å²) in [6, 6.07) is 7.54. The van der Waals surface area contributed by atoms with Crippen molar-refractivity contribution < 1.29 is 23.0 Å². The second-order valence-electron chi connectivity index (χ2n) is 10.7. The van der Waals surface area contributed by atoms with Crippen molar-refractivity contribution in [1.82, 2.24) is 24.7 Å². The van der Waals surface area contributed by atoms with Gasteiger partial charge in [-0.15, -0.1) is 10.2 Å². The van der Waals surface area contributed by atoms with Crippen molar-refractivity contribution in [3.8, 4) is 22.9 Å². The summed E-state index contributed by atoms with van der Waals surface area (Å²) in [4.78, 5) is 8.66. The highest BCUT2D eigenvalue weighted by Gasteiger charge is 2.39. The van der Waals surface area contributed by atoms with Gasteiger partial charge in [-0.05, 0) is 25.1 Å². The first kappa shape index (κ1) is 28.0. The van der Waals surface area contributed by atoms with Crippen LogP contribution in [-0.2, 0) is 10.0 Å². The Hall–Kier alpha value is -3.03. The van der Waals surface area contributed by atoms with Crippen LogP contribution in [0.25, 0.3) is 11.4 Å². The first-order chi connectivity index (χ1) is 18.0. The topological polar surface area (TPSA) is 133 Å². The van der Waals surface area contributed by atoms with E-state index in [-0.39, 0.29) is 25.7 Å². The van der Waals surface area contributed by atoms with E-state index in [1.165, 1.54) is 23.8 Å². The third kappa shape index (κ3) is 5.54. The second-order valence-corrected chi connectivity index (χ2v) is 18.6. The predicted octanol–water partition coefficient (Wildman–Crippen LogP) is 3.34. The van der Waals surface area contributed by atoms with Crippen molar-refractivity contribution in [3.05, 3.63) is 42.5 Å². The minimum Gasteiger partial charge on any atom is -0.494 e. The van der Waals surface area contributed by atoms with Crippen LogP contribution < -0.4 is 13.8 Å². The maximum atomic E-state index is 14.3. The maximum absolute atomic E-state index is 14.3.